The van der Waals surface area contributed by atoms with E-state index in [0.29, 0.717) is 26.2 Å². The van der Waals surface area contributed by atoms with Gasteiger partial charge in [-0.05, 0) is 12.1 Å². The van der Waals surface area contributed by atoms with Gasteiger partial charge in [-0.2, -0.15) is 0 Å². The Morgan fingerprint density at radius 3 is 1.94 bits per heavy atom. The molecule has 0 aromatic carbocycles. The minimum atomic E-state index is -0.262. The highest BCUT2D eigenvalue weighted by Gasteiger charge is 2.12. The van der Waals surface area contributed by atoms with Gasteiger partial charge in [0.25, 0.3) is 11.8 Å². The van der Waals surface area contributed by atoms with Crippen molar-refractivity contribution in [2.24, 2.45) is 0 Å². The molecule has 2 heterocycles. The van der Waals surface area contributed by atoms with Crippen LogP contribution in [-0.2, 0) is 0 Å². The second-order valence-corrected chi connectivity index (χ2v) is 3.67. The number of nitrogens with one attached hydrogen (secondary N) is 3. The SMILES string of the molecule is O=C1NCCNCCNC(=O)c2cccc1n2. The summed E-state index contributed by atoms with van der Waals surface area (Å²) in [4.78, 5) is 27.4. The lowest BCUT2D eigenvalue weighted by atomic mass is 10.2. The molecule has 2 bridgehead atoms. The van der Waals surface area contributed by atoms with Crippen LogP contribution in [0.5, 0.6) is 0 Å². The molecule has 0 aliphatic carbocycles. The first-order valence-corrected chi connectivity index (χ1v) is 5.51. The predicted molar refractivity (Wildman–Crippen MR) is 61.8 cm³/mol. The maximum absolute atomic E-state index is 11.7. The molecule has 1 aromatic rings. The molecule has 1 aromatic heterocycles. The van der Waals surface area contributed by atoms with Crippen LogP contribution in [0.25, 0.3) is 0 Å². The van der Waals surface area contributed by atoms with Crippen LogP contribution < -0.4 is 16.0 Å². The zero-order chi connectivity index (χ0) is 12.1. The number of aromatic nitrogens is 1. The van der Waals surface area contributed by atoms with Crippen molar-refractivity contribution in [1.29, 1.82) is 0 Å². The predicted octanol–water partition coefficient (Wildman–Crippen LogP) is -0.856. The van der Waals surface area contributed by atoms with Crippen LogP contribution in [0.1, 0.15) is 21.0 Å². The fraction of sp³-hybridized carbons (Fsp3) is 0.364. The molecule has 0 atom stereocenters. The Kier molecular flexibility index (Phi) is 3.66. The molecular formula is C11H14N4O2. The van der Waals surface area contributed by atoms with Crippen molar-refractivity contribution < 1.29 is 9.59 Å². The first-order chi connectivity index (χ1) is 8.27. The third kappa shape index (κ3) is 3.01. The highest BCUT2D eigenvalue weighted by atomic mass is 16.2. The van der Waals surface area contributed by atoms with Gasteiger partial charge in [-0.25, -0.2) is 4.98 Å². The van der Waals surface area contributed by atoms with E-state index in [2.05, 4.69) is 20.9 Å². The fourth-order valence-electron chi connectivity index (χ4n) is 1.52. The lowest BCUT2D eigenvalue weighted by molar-refractivity contribution is 0.0942. The molecule has 0 spiro atoms. The molecule has 1 aliphatic heterocycles. The Morgan fingerprint density at radius 1 is 0.882 bits per heavy atom. The summed E-state index contributed by atoms with van der Waals surface area (Å²) in [6, 6.07) is 4.83. The number of nitrogens with zero attached hydrogens (tertiary/aromatic N) is 1. The molecular weight excluding hydrogens is 220 g/mol. The number of hydrogen-bond donors (Lipinski definition) is 3. The Labute approximate surface area is 98.8 Å². The second kappa shape index (κ2) is 5.40. The maximum atomic E-state index is 11.7. The number of amides is 2. The summed E-state index contributed by atoms with van der Waals surface area (Å²) in [5.41, 5.74) is 0.524. The monoisotopic (exact) mass is 234 g/mol. The van der Waals surface area contributed by atoms with E-state index >= 15 is 0 Å². The van der Waals surface area contributed by atoms with Crippen LogP contribution >= 0.6 is 0 Å². The van der Waals surface area contributed by atoms with E-state index in [9.17, 15) is 9.59 Å². The standard InChI is InChI=1S/C11H14N4O2/c16-10-8-2-1-3-9(15-8)11(17)14-7-5-12-4-6-13-10/h1-3,12H,4-7H2,(H,13,16)(H,14,17). The number of fused-ring (bicyclic) bond motifs is 2. The summed E-state index contributed by atoms with van der Waals surface area (Å²) in [5.74, 6) is -0.524. The minimum absolute atomic E-state index is 0.262. The first-order valence-electron chi connectivity index (χ1n) is 5.51. The van der Waals surface area contributed by atoms with Gasteiger partial charge in [0.15, 0.2) is 0 Å². The van der Waals surface area contributed by atoms with E-state index in [1.54, 1.807) is 18.2 Å². The summed E-state index contributed by atoms with van der Waals surface area (Å²) in [5, 5.41) is 8.56. The highest BCUT2D eigenvalue weighted by molar-refractivity contribution is 5.96. The van der Waals surface area contributed by atoms with Crippen LogP contribution in [0.3, 0.4) is 0 Å². The van der Waals surface area contributed by atoms with Gasteiger partial charge in [-0.1, -0.05) is 6.07 Å². The van der Waals surface area contributed by atoms with Crippen molar-refractivity contribution in [2.45, 2.75) is 0 Å². The maximum Gasteiger partial charge on any atom is 0.269 e. The Hall–Kier alpha value is -1.95. The zero-order valence-electron chi connectivity index (χ0n) is 9.32. The first kappa shape index (κ1) is 11.5. The molecule has 2 amide bonds. The van der Waals surface area contributed by atoms with Crippen LogP contribution in [0.2, 0.25) is 0 Å². The number of rotatable bonds is 0. The average Bonchev–Trinajstić information content (AvgIpc) is 2.36. The average molecular weight is 234 g/mol. The molecule has 6 nitrogen and oxygen atoms in total. The van der Waals surface area contributed by atoms with Gasteiger partial charge in [0, 0.05) is 26.2 Å². The van der Waals surface area contributed by atoms with Gasteiger partial charge in [0.2, 0.25) is 0 Å². The summed E-state index contributed by atoms with van der Waals surface area (Å²) in [6.07, 6.45) is 0. The summed E-state index contributed by atoms with van der Waals surface area (Å²) >= 11 is 0. The second-order valence-electron chi connectivity index (χ2n) is 3.67. The van der Waals surface area contributed by atoms with Gasteiger partial charge >= 0.3 is 0 Å². The molecule has 0 saturated carbocycles. The van der Waals surface area contributed by atoms with E-state index in [-0.39, 0.29) is 23.2 Å². The summed E-state index contributed by atoms with van der Waals surface area (Å²) in [6.45, 7) is 2.42. The zero-order valence-corrected chi connectivity index (χ0v) is 9.32. The van der Waals surface area contributed by atoms with Crippen LogP contribution in [0, 0.1) is 0 Å². The quantitative estimate of drug-likeness (QED) is 0.545. The molecule has 1 aliphatic rings. The van der Waals surface area contributed by atoms with Crippen LogP contribution in [-0.4, -0.2) is 43.0 Å². The van der Waals surface area contributed by atoms with Crippen molar-refractivity contribution in [3.05, 3.63) is 29.6 Å². The lowest BCUT2D eigenvalue weighted by Crippen LogP contribution is -2.38. The van der Waals surface area contributed by atoms with E-state index in [4.69, 9.17) is 0 Å². The summed E-state index contributed by atoms with van der Waals surface area (Å²) < 4.78 is 0. The van der Waals surface area contributed by atoms with E-state index in [1.165, 1.54) is 0 Å². The van der Waals surface area contributed by atoms with Crippen molar-refractivity contribution >= 4 is 11.8 Å². The van der Waals surface area contributed by atoms with Gasteiger partial charge in [-0.15, -0.1) is 0 Å². The normalized spacial score (nSPS) is 17.4. The molecule has 90 valence electrons. The Balaban J connectivity index is 2.23. The van der Waals surface area contributed by atoms with Crippen molar-refractivity contribution in [1.82, 2.24) is 20.9 Å². The third-order valence-electron chi connectivity index (χ3n) is 2.39. The third-order valence-corrected chi connectivity index (χ3v) is 2.39. The molecule has 0 saturated heterocycles. The summed E-state index contributed by atoms with van der Waals surface area (Å²) in [7, 11) is 0. The van der Waals surface area contributed by atoms with Gasteiger partial charge < -0.3 is 16.0 Å². The van der Waals surface area contributed by atoms with Crippen LogP contribution in [0.4, 0.5) is 0 Å². The molecule has 6 heteroatoms. The number of hydrogen-bond acceptors (Lipinski definition) is 4. The van der Waals surface area contributed by atoms with Gasteiger partial charge in [-0.3, -0.25) is 9.59 Å². The van der Waals surface area contributed by atoms with E-state index in [0.717, 1.165) is 0 Å². The van der Waals surface area contributed by atoms with Crippen LogP contribution in [0.15, 0.2) is 18.2 Å². The van der Waals surface area contributed by atoms with Gasteiger partial charge in [0.1, 0.15) is 11.4 Å². The van der Waals surface area contributed by atoms with E-state index in [1.807, 2.05) is 0 Å². The minimum Gasteiger partial charge on any atom is -0.349 e. The Morgan fingerprint density at radius 2 is 1.41 bits per heavy atom. The largest absolute Gasteiger partial charge is 0.349 e. The molecule has 0 fully saturated rings. The Bertz CT molecular complexity index is 398. The molecule has 3 N–H and O–H groups in total. The van der Waals surface area contributed by atoms with Crippen molar-refractivity contribution in [2.75, 3.05) is 26.2 Å². The highest BCUT2D eigenvalue weighted by Crippen LogP contribution is 1.99. The smallest absolute Gasteiger partial charge is 0.269 e. The van der Waals surface area contributed by atoms with Crippen molar-refractivity contribution in [3.8, 4) is 0 Å². The molecule has 17 heavy (non-hydrogen) atoms. The van der Waals surface area contributed by atoms with Gasteiger partial charge in [0.05, 0.1) is 0 Å². The number of carbonyl (C=O) groups is 2. The van der Waals surface area contributed by atoms with E-state index < -0.39 is 0 Å². The molecule has 0 unspecified atom stereocenters. The van der Waals surface area contributed by atoms with Crippen molar-refractivity contribution in [3.63, 3.8) is 0 Å². The molecule has 2 rings (SSSR count). The fourth-order valence-corrected chi connectivity index (χ4v) is 1.52. The number of carbonyl (C=O) groups excluding carboxylic acids is 2. The number of pyridine rings is 1. The molecule has 0 radical (unpaired) electrons. The lowest BCUT2D eigenvalue weighted by Gasteiger charge is -2.10. The topological polar surface area (TPSA) is 83.1 Å².